The van der Waals surface area contributed by atoms with Crippen molar-refractivity contribution in [1.82, 2.24) is 0 Å². The Balaban J connectivity index is 2.14. The largest absolute Gasteiger partial charge is 0.497 e. The number of methoxy groups -OCH3 is 1. The van der Waals surface area contributed by atoms with Crippen molar-refractivity contribution >= 4 is 0 Å². The van der Waals surface area contributed by atoms with Crippen LogP contribution in [0.5, 0.6) is 5.75 Å². The minimum Gasteiger partial charge on any atom is -0.497 e. The van der Waals surface area contributed by atoms with Crippen LogP contribution < -0.4 is 4.74 Å². The van der Waals surface area contributed by atoms with Crippen LogP contribution in [0.1, 0.15) is 63.5 Å². The molecule has 1 aromatic carbocycles. The van der Waals surface area contributed by atoms with Gasteiger partial charge in [0.2, 0.25) is 0 Å². The molecular weight excluding hydrogens is 272 g/mol. The van der Waals surface area contributed by atoms with Crippen molar-refractivity contribution < 1.29 is 9.84 Å². The Kier molecular flexibility index (Phi) is 4.07. The Morgan fingerprint density at radius 3 is 2.86 bits per heavy atom. The van der Waals surface area contributed by atoms with Gasteiger partial charge >= 0.3 is 0 Å². The number of ether oxygens (including phenoxy) is 1. The van der Waals surface area contributed by atoms with Gasteiger partial charge < -0.3 is 9.84 Å². The molecule has 0 heterocycles. The molecule has 0 saturated carbocycles. The first-order valence-electron chi connectivity index (χ1n) is 8.64. The number of hydrogen-bond donors (Lipinski definition) is 1. The molecule has 0 aliphatic heterocycles. The quantitative estimate of drug-likeness (QED) is 0.813. The van der Waals surface area contributed by atoms with Crippen LogP contribution in [0.25, 0.3) is 0 Å². The van der Waals surface area contributed by atoms with Gasteiger partial charge in [-0.05, 0) is 67.9 Å². The smallest absolute Gasteiger partial charge is 0.119 e. The molecule has 0 unspecified atom stereocenters. The highest BCUT2D eigenvalue weighted by molar-refractivity contribution is 5.50. The first-order chi connectivity index (χ1) is 10.6. The van der Waals surface area contributed by atoms with Gasteiger partial charge in [-0.1, -0.05) is 31.9 Å². The van der Waals surface area contributed by atoms with Gasteiger partial charge in [0.25, 0.3) is 0 Å². The minimum atomic E-state index is -0.791. The summed E-state index contributed by atoms with van der Waals surface area (Å²) in [5, 5.41) is 11.8. The van der Waals surface area contributed by atoms with Crippen LogP contribution in [-0.4, -0.2) is 12.2 Å². The monoisotopic (exact) mass is 300 g/mol. The second kappa shape index (κ2) is 5.73. The predicted molar refractivity (Wildman–Crippen MR) is 90.2 cm³/mol. The van der Waals surface area contributed by atoms with Crippen molar-refractivity contribution in [2.75, 3.05) is 7.11 Å². The van der Waals surface area contributed by atoms with Gasteiger partial charge in [-0.25, -0.2) is 0 Å². The lowest BCUT2D eigenvalue weighted by Crippen LogP contribution is -2.43. The zero-order valence-electron chi connectivity index (χ0n) is 14.1. The van der Waals surface area contributed by atoms with E-state index in [2.05, 4.69) is 32.1 Å². The van der Waals surface area contributed by atoms with E-state index in [1.807, 2.05) is 6.07 Å². The van der Waals surface area contributed by atoms with E-state index in [1.165, 1.54) is 24.8 Å². The van der Waals surface area contributed by atoms with Crippen LogP contribution in [0, 0.1) is 5.41 Å². The molecule has 2 heteroatoms. The molecule has 0 fully saturated rings. The third-order valence-electron chi connectivity index (χ3n) is 5.89. The van der Waals surface area contributed by atoms with Gasteiger partial charge in [-0.15, -0.1) is 0 Å². The molecule has 2 aliphatic rings. The standard InChI is InChI=1S/C20H28O2/c1-4-5-11-19-12-7-6-8-15(2)20(19,21)18-10-9-17(22-3)13-16(18)14-19/h8-10,13,21H,4-7,11-12,14H2,1-3H3/t19-,20-/m0/s1. The van der Waals surface area contributed by atoms with Crippen molar-refractivity contribution in [3.63, 3.8) is 0 Å². The van der Waals surface area contributed by atoms with Crippen LogP contribution in [0.15, 0.2) is 29.8 Å². The van der Waals surface area contributed by atoms with E-state index in [9.17, 15) is 5.11 Å². The summed E-state index contributed by atoms with van der Waals surface area (Å²) in [4.78, 5) is 0. The molecule has 0 spiro atoms. The molecule has 22 heavy (non-hydrogen) atoms. The number of fused-ring (bicyclic) bond motifs is 3. The van der Waals surface area contributed by atoms with E-state index in [0.29, 0.717) is 0 Å². The van der Waals surface area contributed by atoms with Crippen LogP contribution >= 0.6 is 0 Å². The fourth-order valence-corrected chi connectivity index (χ4v) is 4.69. The number of unbranched alkanes of at least 4 members (excludes halogenated alkanes) is 1. The van der Waals surface area contributed by atoms with Crippen LogP contribution in [-0.2, 0) is 12.0 Å². The minimum absolute atomic E-state index is 0.0329. The molecule has 0 bridgehead atoms. The highest BCUT2D eigenvalue weighted by Gasteiger charge is 2.57. The number of benzene rings is 1. The van der Waals surface area contributed by atoms with E-state index in [4.69, 9.17) is 4.74 Å². The normalized spacial score (nSPS) is 30.3. The molecule has 1 N–H and O–H groups in total. The molecule has 120 valence electrons. The highest BCUT2D eigenvalue weighted by atomic mass is 16.5. The second-order valence-corrected chi connectivity index (χ2v) is 7.07. The van der Waals surface area contributed by atoms with Gasteiger partial charge in [0.05, 0.1) is 7.11 Å². The summed E-state index contributed by atoms with van der Waals surface area (Å²) in [6, 6.07) is 6.21. The molecule has 2 atom stereocenters. The lowest BCUT2D eigenvalue weighted by atomic mass is 9.65. The summed E-state index contributed by atoms with van der Waals surface area (Å²) in [6.07, 6.45) is 10.1. The van der Waals surface area contributed by atoms with Gasteiger partial charge in [0, 0.05) is 5.41 Å². The lowest BCUT2D eigenvalue weighted by Gasteiger charge is -2.43. The summed E-state index contributed by atoms with van der Waals surface area (Å²) in [5.41, 5.74) is 2.70. The number of rotatable bonds is 4. The van der Waals surface area contributed by atoms with Gasteiger partial charge in [0.1, 0.15) is 11.4 Å². The second-order valence-electron chi connectivity index (χ2n) is 7.07. The SMILES string of the molecule is CCCC[C@@]12CCCC=C(C)[C@]1(O)c1ccc(OC)cc1C2. The predicted octanol–water partition coefficient (Wildman–Crippen LogP) is 4.75. The van der Waals surface area contributed by atoms with E-state index in [-0.39, 0.29) is 5.41 Å². The van der Waals surface area contributed by atoms with Crippen LogP contribution in [0.4, 0.5) is 0 Å². The van der Waals surface area contributed by atoms with E-state index < -0.39 is 5.60 Å². The molecule has 0 radical (unpaired) electrons. The third-order valence-corrected chi connectivity index (χ3v) is 5.89. The molecule has 2 aliphatic carbocycles. The molecular formula is C20H28O2. The van der Waals surface area contributed by atoms with E-state index in [1.54, 1.807) is 7.11 Å². The summed E-state index contributed by atoms with van der Waals surface area (Å²) < 4.78 is 5.40. The Hall–Kier alpha value is -1.28. The van der Waals surface area contributed by atoms with Gasteiger partial charge in [-0.3, -0.25) is 0 Å². The van der Waals surface area contributed by atoms with Crippen LogP contribution in [0.3, 0.4) is 0 Å². The van der Waals surface area contributed by atoms with Gasteiger partial charge in [0.15, 0.2) is 0 Å². The molecule has 0 aromatic heterocycles. The zero-order valence-corrected chi connectivity index (χ0v) is 14.1. The third kappa shape index (κ3) is 2.11. The van der Waals surface area contributed by atoms with Crippen molar-refractivity contribution in [1.29, 1.82) is 0 Å². The van der Waals surface area contributed by atoms with Crippen molar-refractivity contribution in [2.45, 2.75) is 64.4 Å². The fourth-order valence-electron chi connectivity index (χ4n) is 4.69. The fraction of sp³-hybridized carbons (Fsp3) is 0.600. The topological polar surface area (TPSA) is 29.5 Å². The molecule has 0 saturated heterocycles. The summed E-state index contributed by atoms with van der Waals surface area (Å²) in [5.74, 6) is 0.895. The Morgan fingerprint density at radius 1 is 1.32 bits per heavy atom. The van der Waals surface area contributed by atoms with Gasteiger partial charge in [-0.2, -0.15) is 0 Å². The maximum Gasteiger partial charge on any atom is 0.119 e. The summed E-state index contributed by atoms with van der Waals surface area (Å²) in [7, 11) is 1.71. The average Bonchev–Trinajstić information content (AvgIpc) is 2.71. The van der Waals surface area contributed by atoms with Crippen LogP contribution in [0.2, 0.25) is 0 Å². The Bertz CT molecular complexity index is 589. The number of allylic oxidation sites excluding steroid dienone is 1. The van der Waals surface area contributed by atoms with Crippen molar-refractivity contribution in [2.24, 2.45) is 5.41 Å². The molecule has 1 aromatic rings. The summed E-state index contributed by atoms with van der Waals surface area (Å²) in [6.45, 7) is 4.35. The maximum atomic E-state index is 11.8. The molecule has 2 nitrogen and oxygen atoms in total. The Labute approximate surface area is 134 Å². The van der Waals surface area contributed by atoms with E-state index in [0.717, 1.165) is 42.6 Å². The molecule has 3 rings (SSSR count). The lowest BCUT2D eigenvalue weighted by molar-refractivity contribution is -0.0565. The first-order valence-corrected chi connectivity index (χ1v) is 8.64. The van der Waals surface area contributed by atoms with Crippen molar-refractivity contribution in [3.8, 4) is 5.75 Å². The highest BCUT2D eigenvalue weighted by Crippen LogP contribution is 2.60. The maximum absolute atomic E-state index is 11.8. The van der Waals surface area contributed by atoms with Crippen molar-refractivity contribution in [3.05, 3.63) is 41.0 Å². The Morgan fingerprint density at radius 2 is 2.14 bits per heavy atom. The average molecular weight is 300 g/mol. The summed E-state index contributed by atoms with van der Waals surface area (Å²) >= 11 is 0. The molecule has 0 amide bonds. The number of aliphatic hydroxyl groups is 1. The zero-order chi connectivity index (χ0) is 15.8. The number of hydrogen-bond acceptors (Lipinski definition) is 2. The van der Waals surface area contributed by atoms with E-state index >= 15 is 0 Å². The first kappa shape index (κ1) is 15.6.